The lowest BCUT2D eigenvalue weighted by Gasteiger charge is -2.27. The summed E-state index contributed by atoms with van der Waals surface area (Å²) in [5.74, 6) is -0.590. The highest BCUT2D eigenvalue weighted by Crippen LogP contribution is 2.16. The van der Waals surface area contributed by atoms with Gasteiger partial charge in [0.15, 0.2) is 0 Å². The van der Waals surface area contributed by atoms with Gasteiger partial charge in [0.05, 0.1) is 18.8 Å². The summed E-state index contributed by atoms with van der Waals surface area (Å²) < 4.78 is 0. The second kappa shape index (κ2) is 39.3. The molecule has 6 heteroatoms. The number of nitrogens with one attached hydrogen (secondary N) is 1. The van der Waals surface area contributed by atoms with Gasteiger partial charge in [0.2, 0.25) is 5.91 Å². The molecule has 298 valence electrons. The smallest absolute Gasteiger partial charge is 0.249 e. The van der Waals surface area contributed by atoms with Crippen molar-refractivity contribution in [2.45, 2.75) is 257 Å². The highest BCUT2D eigenvalue weighted by atomic mass is 16.3. The molecule has 0 heterocycles. The van der Waals surface area contributed by atoms with Crippen LogP contribution in [0.4, 0.5) is 0 Å². The molecule has 0 bridgehead atoms. The fourth-order valence-electron chi connectivity index (χ4n) is 6.93. The van der Waals surface area contributed by atoms with Crippen molar-refractivity contribution in [3.63, 3.8) is 0 Å². The molecule has 0 fully saturated rings. The molecule has 0 saturated carbocycles. The lowest BCUT2D eigenvalue weighted by Crippen LogP contribution is -2.53. The summed E-state index contributed by atoms with van der Waals surface area (Å²) >= 11 is 0. The third-order valence-corrected chi connectivity index (χ3v) is 10.5. The van der Waals surface area contributed by atoms with Crippen LogP contribution in [-0.4, -0.2) is 57.3 Å². The molecule has 0 aromatic rings. The van der Waals surface area contributed by atoms with Gasteiger partial charge in [-0.2, -0.15) is 0 Å². The van der Waals surface area contributed by atoms with E-state index in [1.165, 1.54) is 167 Å². The summed E-state index contributed by atoms with van der Waals surface area (Å²) in [5.41, 5.74) is 0. The van der Waals surface area contributed by atoms with Crippen molar-refractivity contribution in [1.29, 1.82) is 0 Å². The zero-order valence-electron chi connectivity index (χ0n) is 33.4. The molecule has 0 aliphatic heterocycles. The number of aliphatic hydroxyl groups excluding tert-OH is 4. The van der Waals surface area contributed by atoms with E-state index in [1.807, 2.05) is 0 Å². The minimum Gasteiger partial charge on any atom is -0.394 e. The molecule has 4 atom stereocenters. The van der Waals surface area contributed by atoms with Crippen molar-refractivity contribution >= 4 is 5.91 Å². The monoisotopic (exact) mass is 710 g/mol. The van der Waals surface area contributed by atoms with Gasteiger partial charge in [-0.05, 0) is 38.5 Å². The zero-order chi connectivity index (χ0) is 36.8. The van der Waals surface area contributed by atoms with Crippen molar-refractivity contribution in [1.82, 2.24) is 5.32 Å². The quantitative estimate of drug-likeness (QED) is 0.0321. The Hall–Kier alpha value is -0.950. The fourth-order valence-corrected chi connectivity index (χ4v) is 6.93. The minimum atomic E-state index is -1.28. The summed E-state index contributed by atoms with van der Waals surface area (Å²) in [6, 6.07) is -0.996. The van der Waals surface area contributed by atoms with Gasteiger partial charge in [-0.1, -0.05) is 206 Å². The van der Waals surface area contributed by atoms with Gasteiger partial charge in [0.25, 0.3) is 0 Å². The number of carbonyl (C=O) groups is 1. The molecule has 0 rings (SSSR count). The van der Waals surface area contributed by atoms with Crippen molar-refractivity contribution in [3.8, 4) is 0 Å². The SMILES string of the molecule is CCCCCCCCCCC/C=C/CCCC(O)C(O)C(CO)NC(=O)C(O)CCCCCCCCCCCCCCCCCCCCCC. The van der Waals surface area contributed by atoms with E-state index in [1.54, 1.807) is 0 Å². The lowest BCUT2D eigenvalue weighted by atomic mass is 10.00. The van der Waals surface area contributed by atoms with Crippen LogP contribution in [0.25, 0.3) is 0 Å². The molecule has 6 nitrogen and oxygen atoms in total. The number of unbranched alkanes of at least 4 members (excludes halogenated alkanes) is 29. The highest BCUT2D eigenvalue weighted by molar-refractivity contribution is 5.80. The van der Waals surface area contributed by atoms with Gasteiger partial charge < -0.3 is 25.7 Å². The van der Waals surface area contributed by atoms with E-state index < -0.39 is 36.9 Å². The standard InChI is InChI=1S/C44H87NO5/c1-3-5-7-9-11-13-15-17-19-20-21-22-23-24-26-28-30-32-34-36-38-42(48)44(50)45-40(39-46)43(49)41(47)37-35-33-31-29-27-25-18-16-14-12-10-8-6-4-2/h29,31,40-43,46-49H,3-28,30,32-39H2,1-2H3,(H,45,50)/b31-29+. The van der Waals surface area contributed by atoms with Crippen LogP contribution in [0.2, 0.25) is 0 Å². The average molecular weight is 710 g/mol. The number of hydrogen-bond donors (Lipinski definition) is 5. The molecular weight excluding hydrogens is 622 g/mol. The molecule has 1 amide bonds. The van der Waals surface area contributed by atoms with Gasteiger partial charge in [0, 0.05) is 0 Å². The number of aliphatic hydroxyl groups is 4. The highest BCUT2D eigenvalue weighted by Gasteiger charge is 2.28. The van der Waals surface area contributed by atoms with Crippen LogP contribution in [-0.2, 0) is 4.79 Å². The third kappa shape index (κ3) is 32.9. The third-order valence-electron chi connectivity index (χ3n) is 10.5. The first kappa shape index (κ1) is 49.0. The first-order valence-electron chi connectivity index (χ1n) is 22.1. The van der Waals surface area contributed by atoms with Crippen LogP contribution in [0.1, 0.15) is 232 Å². The largest absolute Gasteiger partial charge is 0.394 e. The van der Waals surface area contributed by atoms with Crippen molar-refractivity contribution in [2.75, 3.05) is 6.61 Å². The molecule has 4 unspecified atom stereocenters. The molecule has 0 spiro atoms. The van der Waals surface area contributed by atoms with Crippen LogP contribution in [0.3, 0.4) is 0 Å². The van der Waals surface area contributed by atoms with Crippen LogP contribution < -0.4 is 5.32 Å². The Balaban J connectivity index is 3.72. The molecule has 0 saturated heterocycles. The topological polar surface area (TPSA) is 110 Å². The molecule has 0 aromatic carbocycles. The maximum absolute atomic E-state index is 12.5. The van der Waals surface area contributed by atoms with Crippen molar-refractivity contribution in [2.24, 2.45) is 0 Å². The summed E-state index contributed by atoms with van der Waals surface area (Å²) in [7, 11) is 0. The van der Waals surface area contributed by atoms with E-state index in [9.17, 15) is 25.2 Å². The number of allylic oxidation sites excluding steroid dienone is 2. The van der Waals surface area contributed by atoms with Gasteiger partial charge in [0.1, 0.15) is 12.2 Å². The minimum absolute atomic E-state index is 0.368. The van der Waals surface area contributed by atoms with E-state index in [0.29, 0.717) is 12.8 Å². The van der Waals surface area contributed by atoms with Crippen LogP contribution >= 0.6 is 0 Å². The van der Waals surface area contributed by atoms with E-state index >= 15 is 0 Å². The van der Waals surface area contributed by atoms with Crippen LogP contribution in [0.5, 0.6) is 0 Å². The maximum atomic E-state index is 12.5. The molecule has 0 aliphatic rings. The first-order valence-corrected chi connectivity index (χ1v) is 22.1. The summed E-state index contributed by atoms with van der Waals surface area (Å²) in [6.45, 7) is 4.04. The second-order valence-corrected chi connectivity index (χ2v) is 15.4. The Morgan fingerprint density at radius 1 is 0.480 bits per heavy atom. The Kier molecular flexibility index (Phi) is 38.5. The van der Waals surface area contributed by atoms with E-state index in [4.69, 9.17) is 0 Å². The number of carbonyl (C=O) groups excluding carboxylic acids is 1. The van der Waals surface area contributed by atoms with Gasteiger partial charge in [-0.15, -0.1) is 0 Å². The molecule has 50 heavy (non-hydrogen) atoms. The number of rotatable bonds is 40. The second-order valence-electron chi connectivity index (χ2n) is 15.4. The molecule has 0 aliphatic carbocycles. The predicted molar refractivity (Wildman–Crippen MR) is 215 cm³/mol. The van der Waals surface area contributed by atoms with Crippen LogP contribution in [0, 0.1) is 0 Å². The fraction of sp³-hybridized carbons (Fsp3) is 0.932. The van der Waals surface area contributed by atoms with E-state index in [-0.39, 0.29) is 0 Å². The molecular formula is C44H87NO5. The van der Waals surface area contributed by atoms with Gasteiger partial charge >= 0.3 is 0 Å². The predicted octanol–water partition coefficient (Wildman–Crippen LogP) is 11.4. The lowest BCUT2D eigenvalue weighted by molar-refractivity contribution is -0.132. The van der Waals surface area contributed by atoms with Gasteiger partial charge in [-0.3, -0.25) is 4.79 Å². The maximum Gasteiger partial charge on any atom is 0.249 e. The Labute approximate surface area is 311 Å². The van der Waals surface area contributed by atoms with E-state index in [0.717, 1.165) is 38.5 Å². The Bertz CT molecular complexity index is 717. The average Bonchev–Trinajstić information content (AvgIpc) is 3.12. The van der Waals surface area contributed by atoms with E-state index in [2.05, 4.69) is 31.3 Å². The molecule has 0 aromatic heterocycles. The molecule has 0 radical (unpaired) electrons. The van der Waals surface area contributed by atoms with Gasteiger partial charge in [-0.25, -0.2) is 0 Å². The summed E-state index contributed by atoms with van der Waals surface area (Å²) in [4.78, 5) is 12.5. The number of amides is 1. The molecule has 5 N–H and O–H groups in total. The normalized spacial score (nSPS) is 14.3. The summed E-state index contributed by atoms with van der Waals surface area (Å²) in [6.07, 6.45) is 42.4. The summed E-state index contributed by atoms with van der Waals surface area (Å²) in [5, 5.41) is 43.6. The zero-order valence-corrected chi connectivity index (χ0v) is 33.4. The Morgan fingerprint density at radius 2 is 0.820 bits per heavy atom. The van der Waals surface area contributed by atoms with Crippen LogP contribution in [0.15, 0.2) is 12.2 Å². The van der Waals surface area contributed by atoms with Crippen molar-refractivity contribution in [3.05, 3.63) is 12.2 Å². The Morgan fingerprint density at radius 3 is 1.20 bits per heavy atom. The number of hydrogen-bond acceptors (Lipinski definition) is 5. The van der Waals surface area contributed by atoms with Crippen molar-refractivity contribution < 1.29 is 25.2 Å². The first-order chi connectivity index (χ1) is 24.5.